The van der Waals surface area contributed by atoms with Gasteiger partial charge in [0.25, 0.3) is 0 Å². The molecule has 1 fully saturated rings. The van der Waals surface area contributed by atoms with E-state index in [1.165, 1.54) is 12.8 Å². The molecule has 1 saturated heterocycles. The Labute approximate surface area is 61.2 Å². The maximum Gasteiger partial charge on any atom is 0.0865 e. The van der Waals surface area contributed by atoms with E-state index in [9.17, 15) is 0 Å². The van der Waals surface area contributed by atoms with Gasteiger partial charge in [0.15, 0.2) is 0 Å². The van der Waals surface area contributed by atoms with Crippen molar-refractivity contribution >= 4 is 17.2 Å². The average Bonchev–Trinajstić information content (AvgIpc) is 2.15. The molecule has 0 bridgehead atoms. The summed E-state index contributed by atoms with van der Waals surface area (Å²) in [5.74, 6) is 0. The summed E-state index contributed by atoms with van der Waals surface area (Å²) < 4.78 is 0. The van der Waals surface area contributed by atoms with Crippen molar-refractivity contribution < 1.29 is 0 Å². The lowest BCUT2D eigenvalue weighted by Crippen LogP contribution is -2.37. The van der Waals surface area contributed by atoms with Crippen molar-refractivity contribution in [1.29, 1.82) is 0 Å². The third-order valence-electron chi connectivity index (χ3n) is 1.42. The molecule has 0 saturated carbocycles. The van der Waals surface area contributed by atoms with Gasteiger partial charge in [0.05, 0.1) is 4.99 Å². The molecule has 1 rings (SSSR count). The van der Waals surface area contributed by atoms with Gasteiger partial charge in [-0.25, -0.2) is 5.01 Å². The number of hydrogen-bond donors (Lipinski definition) is 1. The standard InChI is InChI=1S/C6H12N2S/c1-6(9)7-8-4-2-3-5-8/h2-5H2,1H3,(H,7,9). The van der Waals surface area contributed by atoms with Crippen LogP contribution in [0.1, 0.15) is 19.8 Å². The van der Waals surface area contributed by atoms with Crippen molar-refractivity contribution in [3.63, 3.8) is 0 Å². The van der Waals surface area contributed by atoms with Crippen LogP contribution in [0.15, 0.2) is 0 Å². The van der Waals surface area contributed by atoms with E-state index in [4.69, 9.17) is 12.2 Å². The van der Waals surface area contributed by atoms with Gasteiger partial charge in [0.2, 0.25) is 0 Å². The smallest absolute Gasteiger partial charge is 0.0865 e. The van der Waals surface area contributed by atoms with Crippen LogP contribution in [0.4, 0.5) is 0 Å². The van der Waals surface area contributed by atoms with Crippen molar-refractivity contribution in [3.8, 4) is 0 Å². The summed E-state index contributed by atoms with van der Waals surface area (Å²) in [6, 6.07) is 0. The molecule has 0 atom stereocenters. The van der Waals surface area contributed by atoms with Gasteiger partial charge in [0, 0.05) is 13.1 Å². The lowest BCUT2D eigenvalue weighted by molar-refractivity contribution is 0.297. The predicted octanol–water partition coefficient (Wildman–Crippen LogP) is 0.934. The number of thiocarbonyl (C=S) groups is 1. The second-order valence-electron chi connectivity index (χ2n) is 2.36. The molecule has 0 unspecified atom stereocenters. The van der Waals surface area contributed by atoms with Crippen LogP contribution in [-0.4, -0.2) is 23.1 Å². The molecule has 0 radical (unpaired) electrons. The highest BCUT2D eigenvalue weighted by atomic mass is 32.1. The Morgan fingerprint density at radius 1 is 1.44 bits per heavy atom. The van der Waals surface area contributed by atoms with Gasteiger partial charge in [0.1, 0.15) is 0 Å². The molecule has 0 aromatic carbocycles. The number of hydrogen-bond acceptors (Lipinski definition) is 2. The number of rotatable bonds is 1. The zero-order chi connectivity index (χ0) is 6.69. The van der Waals surface area contributed by atoms with Gasteiger partial charge in [-0.2, -0.15) is 0 Å². The Morgan fingerprint density at radius 3 is 2.44 bits per heavy atom. The van der Waals surface area contributed by atoms with E-state index < -0.39 is 0 Å². The van der Waals surface area contributed by atoms with Crippen molar-refractivity contribution in [1.82, 2.24) is 10.4 Å². The molecule has 0 aromatic rings. The first-order valence-corrected chi connectivity index (χ1v) is 3.72. The Morgan fingerprint density at radius 2 is 2.00 bits per heavy atom. The van der Waals surface area contributed by atoms with E-state index in [0.717, 1.165) is 18.1 Å². The largest absolute Gasteiger partial charge is 0.313 e. The fraction of sp³-hybridized carbons (Fsp3) is 0.833. The van der Waals surface area contributed by atoms with Crippen LogP contribution in [0.2, 0.25) is 0 Å². The average molecular weight is 144 g/mol. The minimum Gasteiger partial charge on any atom is -0.313 e. The molecule has 1 aliphatic heterocycles. The molecule has 1 aliphatic rings. The summed E-state index contributed by atoms with van der Waals surface area (Å²) in [6.45, 7) is 4.20. The summed E-state index contributed by atoms with van der Waals surface area (Å²) in [6.07, 6.45) is 2.60. The monoisotopic (exact) mass is 144 g/mol. The highest BCUT2D eigenvalue weighted by Gasteiger charge is 2.09. The number of hydrazine groups is 1. The van der Waals surface area contributed by atoms with Gasteiger partial charge < -0.3 is 5.43 Å². The highest BCUT2D eigenvalue weighted by molar-refractivity contribution is 7.80. The summed E-state index contributed by atoms with van der Waals surface area (Å²) in [5.41, 5.74) is 3.11. The number of nitrogens with zero attached hydrogens (tertiary/aromatic N) is 1. The second-order valence-corrected chi connectivity index (χ2v) is 2.97. The minimum absolute atomic E-state index is 0.872. The van der Waals surface area contributed by atoms with E-state index in [2.05, 4.69) is 10.4 Å². The molecular weight excluding hydrogens is 132 g/mol. The van der Waals surface area contributed by atoms with E-state index in [0.29, 0.717) is 0 Å². The molecule has 3 heteroatoms. The predicted molar refractivity (Wildman–Crippen MR) is 42.2 cm³/mol. The van der Waals surface area contributed by atoms with Crippen LogP contribution >= 0.6 is 12.2 Å². The number of nitrogens with one attached hydrogen (secondary N) is 1. The van der Waals surface area contributed by atoms with Gasteiger partial charge in [-0.3, -0.25) is 0 Å². The minimum atomic E-state index is 0.872. The van der Waals surface area contributed by atoms with Crippen LogP contribution < -0.4 is 5.43 Å². The van der Waals surface area contributed by atoms with E-state index in [1.807, 2.05) is 6.92 Å². The molecule has 0 aromatic heterocycles. The first-order valence-electron chi connectivity index (χ1n) is 3.31. The zero-order valence-electron chi connectivity index (χ0n) is 5.68. The first-order chi connectivity index (χ1) is 4.29. The Kier molecular flexibility index (Phi) is 2.42. The molecular formula is C6H12N2S. The van der Waals surface area contributed by atoms with Crippen molar-refractivity contribution in [3.05, 3.63) is 0 Å². The summed E-state index contributed by atoms with van der Waals surface area (Å²) in [5, 5.41) is 2.17. The van der Waals surface area contributed by atoms with Crippen LogP contribution in [0, 0.1) is 0 Å². The third kappa shape index (κ3) is 2.28. The Hall–Kier alpha value is -0.150. The van der Waals surface area contributed by atoms with Gasteiger partial charge in [-0.15, -0.1) is 0 Å². The fourth-order valence-electron chi connectivity index (χ4n) is 1.05. The fourth-order valence-corrected chi connectivity index (χ4v) is 1.18. The van der Waals surface area contributed by atoms with Crippen molar-refractivity contribution in [2.45, 2.75) is 19.8 Å². The lowest BCUT2D eigenvalue weighted by atomic mass is 10.4. The summed E-state index contributed by atoms with van der Waals surface area (Å²) in [7, 11) is 0. The Bertz CT molecular complexity index is 108. The van der Waals surface area contributed by atoms with Gasteiger partial charge in [-0.1, -0.05) is 12.2 Å². The molecule has 1 heterocycles. The van der Waals surface area contributed by atoms with Gasteiger partial charge in [-0.05, 0) is 19.8 Å². The van der Waals surface area contributed by atoms with Crippen LogP contribution in [0.25, 0.3) is 0 Å². The third-order valence-corrected chi connectivity index (χ3v) is 1.51. The van der Waals surface area contributed by atoms with Crippen LogP contribution in [-0.2, 0) is 0 Å². The summed E-state index contributed by atoms with van der Waals surface area (Å²) >= 11 is 4.88. The van der Waals surface area contributed by atoms with Crippen LogP contribution in [0.3, 0.4) is 0 Å². The summed E-state index contributed by atoms with van der Waals surface area (Å²) in [4.78, 5) is 0.872. The van der Waals surface area contributed by atoms with E-state index in [1.54, 1.807) is 0 Å². The zero-order valence-corrected chi connectivity index (χ0v) is 6.50. The van der Waals surface area contributed by atoms with E-state index in [-0.39, 0.29) is 0 Å². The van der Waals surface area contributed by atoms with Crippen molar-refractivity contribution in [2.24, 2.45) is 0 Å². The molecule has 0 spiro atoms. The molecule has 1 N–H and O–H groups in total. The van der Waals surface area contributed by atoms with Crippen LogP contribution in [0.5, 0.6) is 0 Å². The maximum atomic E-state index is 4.88. The quantitative estimate of drug-likeness (QED) is 0.551. The topological polar surface area (TPSA) is 15.3 Å². The van der Waals surface area contributed by atoms with Gasteiger partial charge >= 0.3 is 0 Å². The molecule has 9 heavy (non-hydrogen) atoms. The van der Waals surface area contributed by atoms with Crippen molar-refractivity contribution in [2.75, 3.05) is 13.1 Å². The molecule has 0 aliphatic carbocycles. The molecule has 0 amide bonds. The lowest BCUT2D eigenvalue weighted by Gasteiger charge is -2.15. The Balaban J connectivity index is 2.19. The maximum absolute atomic E-state index is 4.88. The normalized spacial score (nSPS) is 20.1. The molecule has 52 valence electrons. The SMILES string of the molecule is CC(=S)NN1CCCC1. The second kappa shape index (κ2) is 3.13. The molecule has 2 nitrogen and oxygen atoms in total. The highest BCUT2D eigenvalue weighted by Crippen LogP contribution is 2.03. The van der Waals surface area contributed by atoms with E-state index >= 15 is 0 Å². The first kappa shape index (κ1) is 6.96.